The number of allylic oxidation sites excluding steroid dienone is 2. The number of hydrogen-bond donors (Lipinski definition) is 2. The van der Waals surface area contributed by atoms with Gasteiger partial charge in [-0.15, -0.1) is 0 Å². The molecule has 16 heavy (non-hydrogen) atoms. The lowest BCUT2D eigenvalue weighted by molar-refractivity contribution is -1.02. The Balaban J connectivity index is 1.70. The minimum atomic E-state index is 0.819. The average Bonchev–Trinajstić information content (AvgIpc) is 2.31. The molecule has 1 aliphatic carbocycles. The third-order valence-electron chi connectivity index (χ3n) is 4.37. The van der Waals surface area contributed by atoms with Gasteiger partial charge in [-0.2, -0.15) is 0 Å². The van der Waals surface area contributed by atoms with E-state index >= 15 is 0 Å². The van der Waals surface area contributed by atoms with Gasteiger partial charge in [0.15, 0.2) is 0 Å². The SMILES string of the molecule is CC(C)[NH+]1CC[NH+](CC2CC=CCC2)CC1. The third-order valence-corrected chi connectivity index (χ3v) is 4.37. The van der Waals surface area contributed by atoms with Gasteiger partial charge < -0.3 is 9.80 Å². The van der Waals surface area contributed by atoms with Gasteiger partial charge in [0.2, 0.25) is 0 Å². The summed E-state index contributed by atoms with van der Waals surface area (Å²) in [6, 6.07) is 0.819. The first kappa shape index (κ1) is 12.1. The van der Waals surface area contributed by atoms with Gasteiger partial charge in [0, 0.05) is 5.92 Å². The fourth-order valence-electron chi connectivity index (χ4n) is 3.16. The van der Waals surface area contributed by atoms with Crippen molar-refractivity contribution in [1.82, 2.24) is 0 Å². The van der Waals surface area contributed by atoms with Crippen molar-refractivity contribution in [1.29, 1.82) is 0 Å². The van der Waals surface area contributed by atoms with Crippen LogP contribution in [0.5, 0.6) is 0 Å². The number of nitrogens with one attached hydrogen (secondary N) is 2. The number of hydrogen-bond acceptors (Lipinski definition) is 0. The van der Waals surface area contributed by atoms with Gasteiger partial charge in [0.25, 0.3) is 0 Å². The van der Waals surface area contributed by atoms with E-state index in [0.29, 0.717) is 0 Å². The van der Waals surface area contributed by atoms with Crippen molar-refractivity contribution >= 4 is 0 Å². The molecule has 2 aliphatic rings. The van der Waals surface area contributed by atoms with Crippen molar-refractivity contribution < 1.29 is 9.80 Å². The van der Waals surface area contributed by atoms with Gasteiger partial charge in [0.05, 0.1) is 12.6 Å². The van der Waals surface area contributed by atoms with Crippen molar-refractivity contribution in [2.24, 2.45) is 5.92 Å². The monoisotopic (exact) mass is 224 g/mol. The zero-order valence-electron chi connectivity index (χ0n) is 11.0. The van der Waals surface area contributed by atoms with Gasteiger partial charge in [-0.3, -0.25) is 0 Å². The van der Waals surface area contributed by atoms with E-state index in [9.17, 15) is 0 Å². The van der Waals surface area contributed by atoms with Crippen molar-refractivity contribution in [2.75, 3.05) is 32.7 Å². The van der Waals surface area contributed by atoms with E-state index in [-0.39, 0.29) is 0 Å². The van der Waals surface area contributed by atoms with Crippen molar-refractivity contribution in [2.45, 2.75) is 39.2 Å². The Labute approximate surface area is 100 Å². The molecule has 0 amide bonds. The van der Waals surface area contributed by atoms with Crippen LogP contribution < -0.4 is 9.80 Å². The van der Waals surface area contributed by atoms with Crippen LogP contribution in [0.4, 0.5) is 0 Å². The molecule has 0 aromatic rings. The highest BCUT2D eigenvalue weighted by molar-refractivity contribution is 4.89. The van der Waals surface area contributed by atoms with E-state index in [1.165, 1.54) is 52.0 Å². The molecule has 1 fully saturated rings. The lowest BCUT2D eigenvalue weighted by Gasteiger charge is -2.33. The molecule has 0 aromatic heterocycles. The Kier molecular flexibility index (Phi) is 4.42. The predicted molar refractivity (Wildman–Crippen MR) is 67.9 cm³/mol. The van der Waals surface area contributed by atoms with Crippen LogP contribution >= 0.6 is 0 Å². The van der Waals surface area contributed by atoms with E-state index in [4.69, 9.17) is 0 Å². The molecule has 0 saturated carbocycles. The maximum Gasteiger partial charge on any atom is 0.127 e. The Morgan fingerprint density at radius 1 is 1.12 bits per heavy atom. The number of rotatable bonds is 3. The van der Waals surface area contributed by atoms with Gasteiger partial charge in [-0.05, 0) is 33.1 Å². The molecule has 2 nitrogen and oxygen atoms in total. The maximum atomic E-state index is 2.39. The van der Waals surface area contributed by atoms with E-state index in [0.717, 1.165) is 12.0 Å². The normalized spacial score (nSPS) is 35.6. The highest BCUT2D eigenvalue weighted by atomic mass is 15.3. The summed E-state index contributed by atoms with van der Waals surface area (Å²) in [4.78, 5) is 3.68. The van der Waals surface area contributed by atoms with Crippen molar-refractivity contribution in [3.8, 4) is 0 Å². The Bertz CT molecular complexity index is 227. The van der Waals surface area contributed by atoms with Crippen LogP contribution in [0.15, 0.2) is 12.2 Å². The van der Waals surface area contributed by atoms with Crippen LogP contribution in [0.25, 0.3) is 0 Å². The van der Waals surface area contributed by atoms with Crippen LogP contribution in [-0.4, -0.2) is 38.8 Å². The minimum absolute atomic E-state index is 0.819. The second kappa shape index (κ2) is 5.83. The highest BCUT2D eigenvalue weighted by Gasteiger charge is 2.26. The molecule has 2 heteroatoms. The molecule has 2 rings (SSSR count). The van der Waals surface area contributed by atoms with Crippen LogP contribution in [0.2, 0.25) is 0 Å². The predicted octanol–water partition coefficient (Wildman–Crippen LogP) is -0.465. The molecular weight excluding hydrogens is 196 g/mol. The van der Waals surface area contributed by atoms with Crippen LogP contribution in [0, 0.1) is 5.92 Å². The zero-order valence-corrected chi connectivity index (χ0v) is 11.0. The molecule has 0 spiro atoms. The molecular formula is C14H28N2+2. The summed E-state index contributed by atoms with van der Waals surface area (Å²) in [6.45, 7) is 11.7. The first-order chi connectivity index (χ1) is 7.75. The second-order valence-corrected chi connectivity index (χ2v) is 5.92. The van der Waals surface area contributed by atoms with Gasteiger partial charge in [-0.25, -0.2) is 0 Å². The average molecular weight is 224 g/mol. The lowest BCUT2D eigenvalue weighted by atomic mass is 9.94. The largest absolute Gasteiger partial charge is 0.325 e. The summed E-state index contributed by atoms with van der Waals surface area (Å²) < 4.78 is 0. The Hall–Kier alpha value is -0.340. The third kappa shape index (κ3) is 3.33. The maximum absolute atomic E-state index is 2.39. The molecule has 1 saturated heterocycles. The molecule has 1 aliphatic heterocycles. The highest BCUT2D eigenvalue weighted by Crippen LogP contribution is 2.15. The topological polar surface area (TPSA) is 8.88 Å². The van der Waals surface area contributed by atoms with Gasteiger partial charge in [0.1, 0.15) is 26.2 Å². The zero-order chi connectivity index (χ0) is 11.4. The summed E-state index contributed by atoms with van der Waals surface area (Å²) in [7, 11) is 0. The first-order valence-electron chi connectivity index (χ1n) is 7.09. The summed E-state index contributed by atoms with van der Waals surface area (Å²) in [5.74, 6) is 0.973. The van der Waals surface area contributed by atoms with Gasteiger partial charge in [-0.1, -0.05) is 12.2 Å². The van der Waals surface area contributed by atoms with E-state index < -0.39 is 0 Å². The van der Waals surface area contributed by atoms with Crippen LogP contribution in [0.3, 0.4) is 0 Å². The number of piperazine rings is 1. The second-order valence-electron chi connectivity index (χ2n) is 5.92. The summed E-state index contributed by atoms with van der Waals surface area (Å²) in [5, 5.41) is 0. The molecule has 92 valence electrons. The summed E-state index contributed by atoms with van der Waals surface area (Å²) >= 11 is 0. The minimum Gasteiger partial charge on any atom is -0.325 e. The van der Waals surface area contributed by atoms with Crippen molar-refractivity contribution in [3.05, 3.63) is 12.2 Å². The fraction of sp³-hybridized carbons (Fsp3) is 0.857. The molecule has 2 N–H and O–H groups in total. The van der Waals surface area contributed by atoms with Crippen LogP contribution in [0.1, 0.15) is 33.1 Å². The van der Waals surface area contributed by atoms with Gasteiger partial charge >= 0.3 is 0 Å². The molecule has 0 aromatic carbocycles. The van der Waals surface area contributed by atoms with Crippen molar-refractivity contribution in [3.63, 3.8) is 0 Å². The Morgan fingerprint density at radius 2 is 1.88 bits per heavy atom. The van der Waals surface area contributed by atoms with E-state index in [2.05, 4.69) is 26.0 Å². The molecule has 0 bridgehead atoms. The number of quaternary nitrogens is 2. The molecule has 1 heterocycles. The summed E-state index contributed by atoms with van der Waals surface area (Å²) in [6.07, 6.45) is 8.84. The molecule has 1 atom stereocenters. The Morgan fingerprint density at radius 3 is 2.44 bits per heavy atom. The lowest BCUT2D eigenvalue weighted by Crippen LogP contribution is -3.29. The van der Waals surface area contributed by atoms with E-state index in [1.807, 2.05) is 9.80 Å². The quantitative estimate of drug-likeness (QED) is 0.600. The first-order valence-corrected chi connectivity index (χ1v) is 7.09. The fourth-order valence-corrected chi connectivity index (χ4v) is 3.16. The summed E-state index contributed by atoms with van der Waals surface area (Å²) in [5.41, 5.74) is 0. The smallest absolute Gasteiger partial charge is 0.127 e. The van der Waals surface area contributed by atoms with E-state index in [1.54, 1.807) is 0 Å². The van der Waals surface area contributed by atoms with Crippen LogP contribution in [-0.2, 0) is 0 Å². The standard InChI is InChI=1S/C14H26N2/c1-13(2)16-10-8-15(9-11-16)12-14-6-4-3-5-7-14/h3-4,13-14H,5-12H2,1-2H3/p+2. The molecule has 1 unspecified atom stereocenters. The molecule has 0 radical (unpaired) electrons.